The van der Waals surface area contributed by atoms with Gasteiger partial charge in [0.15, 0.2) is 0 Å². The molecule has 0 spiro atoms. The topological polar surface area (TPSA) is 59.8 Å². The summed E-state index contributed by atoms with van der Waals surface area (Å²) in [6, 6.07) is 7.78. The van der Waals surface area contributed by atoms with E-state index in [1.165, 1.54) is 0 Å². The Morgan fingerprint density at radius 3 is 2.58 bits per heavy atom. The van der Waals surface area contributed by atoms with Crippen molar-refractivity contribution < 1.29 is 4.79 Å². The summed E-state index contributed by atoms with van der Waals surface area (Å²) < 4.78 is 2.01. The van der Waals surface area contributed by atoms with Gasteiger partial charge in [0.2, 0.25) is 5.91 Å². The first-order chi connectivity index (χ1) is 12.4. The zero-order chi connectivity index (χ0) is 18.7. The number of hydrogen-bond donors (Lipinski definition) is 1. The summed E-state index contributed by atoms with van der Waals surface area (Å²) in [7, 11) is 0. The van der Waals surface area contributed by atoms with E-state index in [1.807, 2.05) is 48.2 Å². The number of amides is 1. The molecular formula is C20H24N4OS. The summed E-state index contributed by atoms with van der Waals surface area (Å²) in [4.78, 5) is 16.8. The quantitative estimate of drug-likeness (QED) is 0.699. The highest BCUT2D eigenvalue weighted by atomic mass is 32.1. The third-order valence-corrected chi connectivity index (χ3v) is 5.08. The van der Waals surface area contributed by atoms with Gasteiger partial charge in [-0.3, -0.25) is 9.48 Å². The molecule has 0 aliphatic carbocycles. The van der Waals surface area contributed by atoms with Crippen LogP contribution in [0.1, 0.15) is 30.8 Å². The number of nitrogens with zero attached hydrogens (tertiary/aromatic N) is 3. The van der Waals surface area contributed by atoms with Crippen LogP contribution in [0.4, 0.5) is 5.69 Å². The standard InChI is InChI=1S/C20H24N4OS/c1-13(2)12-24-15(4)18(14(3)23-24)11-19(25)22-17-7-5-16(6-8-17)20-21-9-10-26-20/h5-10,13H,11-12H2,1-4H3,(H,22,25). The third-order valence-electron chi connectivity index (χ3n) is 4.25. The molecule has 3 rings (SSSR count). The SMILES string of the molecule is Cc1nn(CC(C)C)c(C)c1CC(=O)Nc1ccc(-c2nccs2)cc1. The summed E-state index contributed by atoms with van der Waals surface area (Å²) in [5, 5.41) is 10.5. The van der Waals surface area contributed by atoms with Gasteiger partial charge in [-0.25, -0.2) is 4.98 Å². The van der Waals surface area contributed by atoms with Crippen LogP contribution in [0.3, 0.4) is 0 Å². The van der Waals surface area contributed by atoms with Crippen LogP contribution in [-0.4, -0.2) is 20.7 Å². The molecule has 0 atom stereocenters. The number of aryl methyl sites for hydroxylation is 1. The average Bonchev–Trinajstić information content (AvgIpc) is 3.20. The van der Waals surface area contributed by atoms with E-state index in [2.05, 4.69) is 29.2 Å². The second-order valence-electron chi connectivity index (χ2n) is 6.86. The van der Waals surface area contributed by atoms with E-state index in [0.717, 1.165) is 39.8 Å². The number of anilines is 1. The summed E-state index contributed by atoms with van der Waals surface area (Å²) in [6.07, 6.45) is 2.13. The molecule has 2 heterocycles. The predicted molar refractivity (Wildman–Crippen MR) is 106 cm³/mol. The molecule has 3 aromatic rings. The zero-order valence-electron chi connectivity index (χ0n) is 15.6. The van der Waals surface area contributed by atoms with Crippen molar-refractivity contribution in [3.05, 3.63) is 52.8 Å². The lowest BCUT2D eigenvalue weighted by Crippen LogP contribution is -2.15. The number of nitrogens with one attached hydrogen (secondary N) is 1. The lowest BCUT2D eigenvalue weighted by atomic mass is 10.1. The summed E-state index contributed by atoms with van der Waals surface area (Å²) in [5.41, 5.74) is 4.87. The second-order valence-corrected chi connectivity index (χ2v) is 7.76. The summed E-state index contributed by atoms with van der Waals surface area (Å²) in [5.74, 6) is 0.494. The number of carbonyl (C=O) groups excluding carboxylic acids is 1. The highest BCUT2D eigenvalue weighted by Gasteiger charge is 2.15. The van der Waals surface area contributed by atoms with Crippen molar-refractivity contribution in [3.63, 3.8) is 0 Å². The average molecular weight is 369 g/mol. The molecule has 1 aromatic carbocycles. The summed E-state index contributed by atoms with van der Waals surface area (Å²) in [6.45, 7) is 9.20. The maximum Gasteiger partial charge on any atom is 0.228 e. The first kappa shape index (κ1) is 18.3. The molecule has 0 aliphatic heterocycles. The normalized spacial score (nSPS) is 11.1. The Morgan fingerprint density at radius 1 is 1.23 bits per heavy atom. The van der Waals surface area contributed by atoms with Crippen molar-refractivity contribution in [2.24, 2.45) is 5.92 Å². The maximum absolute atomic E-state index is 12.5. The van der Waals surface area contributed by atoms with E-state index < -0.39 is 0 Å². The van der Waals surface area contributed by atoms with E-state index in [1.54, 1.807) is 17.5 Å². The Bertz CT molecular complexity index is 879. The number of rotatable bonds is 6. The van der Waals surface area contributed by atoms with Crippen LogP contribution in [0.25, 0.3) is 10.6 Å². The van der Waals surface area contributed by atoms with Gasteiger partial charge in [0.1, 0.15) is 5.01 Å². The third kappa shape index (κ3) is 4.19. The van der Waals surface area contributed by atoms with E-state index in [0.29, 0.717) is 12.3 Å². The Morgan fingerprint density at radius 2 is 1.96 bits per heavy atom. The Hall–Kier alpha value is -2.47. The molecule has 136 valence electrons. The molecule has 0 saturated carbocycles. The van der Waals surface area contributed by atoms with Crippen LogP contribution in [0.5, 0.6) is 0 Å². The van der Waals surface area contributed by atoms with Crippen molar-refractivity contribution >= 4 is 22.9 Å². The van der Waals surface area contributed by atoms with Crippen LogP contribution in [0.2, 0.25) is 0 Å². The monoisotopic (exact) mass is 368 g/mol. The second kappa shape index (κ2) is 7.83. The minimum absolute atomic E-state index is 0.0257. The molecule has 6 heteroatoms. The number of thiazole rings is 1. The van der Waals surface area contributed by atoms with Crippen LogP contribution >= 0.6 is 11.3 Å². The Labute approximate surface area is 158 Å². The van der Waals surface area contributed by atoms with Gasteiger partial charge >= 0.3 is 0 Å². The van der Waals surface area contributed by atoms with Crippen molar-refractivity contribution in [2.45, 2.75) is 40.7 Å². The van der Waals surface area contributed by atoms with Gasteiger partial charge in [0.25, 0.3) is 0 Å². The van der Waals surface area contributed by atoms with E-state index in [9.17, 15) is 4.79 Å². The smallest absolute Gasteiger partial charge is 0.228 e. The molecule has 0 unspecified atom stereocenters. The van der Waals surface area contributed by atoms with Gasteiger partial charge in [-0.05, 0) is 44.0 Å². The maximum atomic E-state index is 12.5. The first-order valence-electron chi connectivity index (χ1n) is 8.76. The van der Waals surface area contributed by atoms with E-state index >= 15 is 0 Å². The number of benzene rings is 1. The molecule has 1 N–H and O–H groups in total. The summed E-state index contributed by atoms with van der Waals surface area (Å²) >= 11 is 1.60. The van der Waals surface area contributed by atoms with E-state index in [-0.39, 0.29) is 5.91 Å². The Balaban J connectivity index is 1.67. The molecule has 0 saturated heterocycles. The molecule has 0 fully saturated rings. The number of aromatic nitrogens is 3. The first-order valence-corrected chi connectivity index (χ1v) is 9.64. The fraction of sp³-hybridized carbons (Fsp3) is 0.350. The molecule has 26 heavy (non-hydrogen) atoms. The zero-order valence-corrected chi connectivity index (χ0v) is 16.4. The molecule has 0 bridgehead atoms. The Kier molecular flexibility index (Phi) is 5.52. The molecular weight excluding hydrogens is 344 g/mol. The van der Waals surface area contributed by atoms with Gasteiger partial charge in [-0.1, -0.05) is 13.8 Å². The minimum atomic E-state index is -0.0257. The van der Waals surface area contributed by atoms with Gasteiger partial charge in [-0.15, -0.1) is 11.3 Å². The lowest BCUT2D eigenvalue weighted by molar-refractivity contribution is -0.115. The fourth-order valence-electron chi connectivity index (χ4n) is 2.94. The molecule has 2 aromatic heterocycles. The van der Waals surface area contributed by atoms with Gasteiger partial charge in [-0.2, -0.15) is 5.10 Å². The van der Waals surface area contributed by atoms with Crippen LogP contribution < -0.4 is 5.32 Å². The van der Waals surface area contributed by atoms with Crippen LogP contribution in [0.15, 0.2) is 35.8 Å². The largest absolute Gasteiger partial charge is 0.326 e. The van der Waals surface area contributed by atoms with Crippen molar-refractivity contribution in [1.82, 2.24) is 14.8 Å². The van der Waals surface area contributed by atoms with Crippen molar-refractivity contribution in [2.75, 3.05) is 5.32 Å². The molecule has 0 aliphatic rings. The van der Waals surface area contributed by atoms with Crippen LogP contribution in [0, 0.1) is 19.8 Å². The highest BCUT2D eigenvalue weighted by molar-refractivity contribution is 7.13. The predicted octanol–water partition coefficient (Wildman–Crippen LogP) is 4.46. The molecule has 5 nitrogen and oxygen atoms in total. The van der Waals surface area contributed by atoms with Crippen molar-refractivity contribution in [1.29, 1.82) is 0 Å². The van der Waals surface area contributed by atoms with Crippen molar-refractivity contribution in [3.8, 4) is 10.6 Å². The van der Waals surface area contributed by atoms with Crippen LogP contribution in [-0.2, 0) is 17.8 Å². The number of hydrogen-bond acceptors (Lipinski definition) is 4. The van der Waals surface area contributed by atoms with Gasteiger partial charge < -0.3 is 5.32 Å². The lowest BCUT2D eigenvalue weighted by Gasteiger charge is -2.09. The molecule has 1 amide bonds. The van der Waals surface area contributed by atoms with Gasteiger partial charge in [0, 0.05) is 40.6 Å². The van der Waals surface area contributed by atoms with Gasteiger partial charge in [0.05, 0.1) is 12.1 Å². The minimum Gasteiger partial charge on any atom is -0.326 e. The number of carbonyl (C=O) groups is 1. The molecule has 0 radical (unpaired) electrons. The van der Waals surface area contributed by atoms with E-state index in [4.69, 9.17) is 0 Å². The fourth-order valence-corrected chi connectivity index (χ4v) is 3.59. The highest BCUT2D eigenvalue weighted by Crippen LogP contribution is 2.23.